The van der Waals surface area contributed by atoms with Gasteiger partial charge in [0.2, 0.25) is 5.91 Å². The number of rotatable bonds is 36. The monoisotopic (exact) mass is 700 g/mol. The predicted molar refractivity (Wildman–Crippen MR) is 204 cm³/mol. The molecule has 4 N–H and O–H groups in total. The first kappa shape index (κ1) is 46.8. The molecule has 0 aliphatic carbocycles. The average Bonchev–Trinajstić information content (AvgIpc) is 3.05. The average molecular weight is 700 g/mol. The highest BCUT2D eigenvalue weighted by atomic mass is 32.2. The van der Waals surface area contributed by atoms with Crippen LogP contribution < -0.4 is 5.32 Å². The van der Waals surface area contributed by atoms with Gasteiger partial charge in [0.1, 0.15) is 6.10 Å². The molecule has 0 saturated carbocycles. The molecule has 0 bridgehead atoms. The molecule has 3 atom stereocenters. The Morgan fingerprint density at radius 2 is 0.938 bits per heavy atom. The van der Waals surface area contributed by atoms with E-state index in [1.807, 2.05) is 0 Å². The molecule has 0 aliphatic heterocycles. The van der Waals surface area contributed by atoms with Crippen molar-refractivity contribution < 1.29 is 28.0 Å². The summed E-state index contributed by atoms with van der Waals surface area (Å²) < 4.78 is 32.4. The summed E-state index contributed by atoms with van der Waals surface area (Å²) in [5.74, 6) is -1.55. The van der Waals surface area contributed by atoms with Crippen LogP contribution in [0, 0.1) is 0 Å². The number of nitrogens with one attached hydrogen (secondary N) is 1. The third kappa shape index (κ3) is 33.3. The van der Waals surface area contributed by atoms with Gasteiger partial charge in [0, 0.05) is 0 Å². The number of hydrogen-bond donors (Lipinski definition) is 4. The van der Waals surface area contributed by atoms with Crippen molar-refractivity contribution in [3.05, 3.63) is 24.3 Å². The fourth-order valence-corrected chi connectivity index (χ4v) is 6.85. The molecule has 0 fully saturated rings. The lowest BCUT2D eigenvalue weighted by Crippen LogP contribution is -2.50. The summed E-state index contributed by atoms with van der Waals surface area (Å²) >= 11 is 0. The molecule has 0 aromatic rings. The van der Waals surface area contributed by atoms with Gasteiger partial charge in [0.15, 0.2) is 0 Å². The Labute approximate surface area is 297 Å². The fourth-order valence-electron chi connectivity index (χ4n) is 6.12. The molecule has 0 aliphatic rings. The highest BCUT2D eigenvalue weighted by molar-refractivity contribution is 7.85. The third-order valence-corrected chi connectivity index (χ3v) is 10.0. The molecule has 0 aromatic heterocycles. The zero-order valence-electron chi connectivity index (χ0n) is 31.2. The minimum atomic E-state index is -4.44. The van der Waals surface area contributed by atoms with Crippen molar-refractivity contribution in [1.82, 2.24) is 5.32 Å². The maximum absolute atomic E-state index is 12.5. The second-order valence-corrected chi connectivity index (χ2v) is 15.6. The minimum Gasteiger partial charge on any atom is -0.387 e. The third-order valence-electron chi connectivity index (χ3n) is 9.24. The lowest BCUT2D eigenvalue weighted by atomic mass is 10.0. The number of hydrogen-bond acceptors (Lipinski definition) is 5. The van der Waals surface area contributed by atoms with E-state index in [0.717, 1.165) is 32.1 Å². The Hall–Kier alpha value is -1.22. The van der Waals surface area contributed by atoms with Crippen molar-refractivity contribution in [2.24, 2.45) is 0 Å². The summed E-state index contributed by atoms with van der Waals surface area (Å²) in [6.45, 7) is 4.49. The van der Waals surface area contributed by atoms with Gasteiger partial charge < -0.3 is 15.5 Å². The summed E-state index contributed by atoms with van der Waals surface area (Å²) in [5.41, 5.74) is 0. The normalized spacial score (nSPS) is 14.2. The summed E-state index contributed by atoms with van der Waals surface area (Å²) in [6, 6.07) is -1.24. The van der Waals surface area contributed by atoms with E-state index in [1.54, 1.807) is 6.08 Å². The SMILES string of the molecule is CCCCCCCCCCCCCCCC/C=C/CC/C=C/C(O)C(CS(=O)(=O)O)NC(=O)C(O)CCCCCCCCCCCCC. The first-order valence-electron chi connectivity index (χ1n) is 20.1. The van der Waals surface area contributed by atoms with E-state index in [2.05, 4.69) is 31.3 Å². The summed E-state index contributed by atoms with van der Waals surface area (Å²) in [7, 11) is -4.44. The number of amides is 1. The topological polar surface area (TPSA) is 124 Å². The van der Waals surface area contributed by atoms with Crippen molar-refractivity contribution in [3.63, 3.8) is 0 Å². The van der Waals surface area contributed by atoms with Gasteiger partial charge in [-0.2, -0.15) is 8.42 Å². The Bertz CT molecular complexity index is 875. The van der Waals surface area contributed by atoms with Crippen LogP contribution in [-0.4, -0.2) is 53.1 Å². The van der Waals surface area contributed by atoms with Gasteiger partial charge in [-0.1, -0.05) is 192 Å². The summed E-state index contributed by atoms with van der Waals surface area (Å²) in [4.78, 5) is 12.5. The highest BCUT2D eigenvalue weighted by Gasteiger charge is 2.27. The fraction of sp³-hybridized carbons (Fsp3) is 0.875. The largest absolute Gasteiger partial charge is 0.387 e. The maximum Gasteiger partial charge on any atom is 0.267 e. The molecule has 0 heterocycles. The van der Waals surface area contributed by atoms with Crippen LogP contribution in [0.1, 0.15) is 200 Å². The Morgan fingerprint density at radius 1 is 0.562 bits per heavy atom. The standard InChI is InChI=1S/C40H77NO6S/c1-3-5-7-9-11-13-15-16-17-18-19-20-21-22-23-25-26-28-30-32-34-38(42)37(36-48(45,46)47)41-40(44)39(43)35-33-31-29-27-24-14-12-10-8-6-4-2/h25-26,32,34,37-39,42-43H,3-24,27-31,33,35-36H2,1-2H3,(H,41,44)(H,45,46,47)/b26-25+,34-32+. The number of aliphatic hydroxyl groups excluding tert-OH is 2. The molecule has 0 radical (unpaired) electrons. The van der Waals surface area contributed by atoms with Gasteiger partial charge >= 0.3 is 0 Å². The van der Waals surface area contributed by atoms with Gasteiger partial charge in [0.05, 0.1) is 17.9 Å². The highest BCUT2D eigenvalue weighted by Crippen LogP contribution is 2.15. The Morgan fingerprint density at radius 3 is 1.38 bits per heavy atom. The molecular weight excluding hydrogens is 623 g/mol. The number of carbonyl (C=O) groups excluding carboxylic acids is 1. The van der Waals surface area contributed by atoms with Crippen LogP contribution in [0.4, 0.5) is 0 Å². The maximum atomic E-state index is 12.5. The van der Waals surface area contributed by atoms with Crippen LogP contribution >= 0.6 is 0 Å². The molecule has 0 aromatic carbocycles. The van der Waals surface area contributed by atoms with Crippen molar-refractivity contribution in [1.29, 1.82) is 0 Å². The molecular formula is C40H77NO6S. The molecule has 8 heteroatoms. The number of carbonyl (C=O) groups is 1. The first-order valence-corrected chi connectivity index (χ1v) is 21.8. The molecule has 1 amide bonds. The van der Waals surface area contributed by atoms with E-state index in [1.165, 1.54) is 141 Å². The van der Waals surface area contributed by atoms with Crippen molar-refractivity contribution in [2.75, 3.05) is 5.75 Å². The smallest absolute Gasteiger partial charge is 0.267 e. The predicted octanol–water partition coefficient (Wildman–Crippen LogP) is 10.5. The van der Waals surface area contributed by atoms with Crippen LogP contribution in [0.15, 0.2) is 24.3 Å². The zero-order chi connectivity index (χ0) is 35.6. The minimum absolute atomic E-state index is 0.277. The second-order valence-electron chi connectivity index (χ2n) is 14.1. The molecule has 284 valence electrons. The number of unbranched alkanes of at least 4 members (excludes halogenated alkanes) is 25. The second kappa shape index (κ2) is 34.2. The van der Waals surface area contributed by atoms with Gasteiger partial charge in [-0.3, -0.25) is 9.35 Å². The molecule has 48 heavy (non-hydrogen) atoms. The van der Waals surface area contributed by atoms with Crippen molar-refractivity contribution in [2.45, 2.75) is 218 Å². The Balaban J connectivity index is 4.06. The molecule has 3 unspecified atom stereocenters. The quantitative estimate of drug-likeness (QED) is 0.0293. The molecule has 7 nitrogen and oxygen atoms in total. The van der Waals surface area contributed by atoms with E-state index < -0.39 is 40.0 Å². The van der Waals surface area contributed by atoms with Crippen LogP contribution in [0.5, 0.6) is 0 Å². The van der Waals surface area contributed by atoms with E-state index >= 15 is 0 Å². The summed E-state index contributed by atoms with van der Waals surface area (Å²) in [6.07, 6.45) is 39.6. The number of aliphatic hydroxyl groups is 2. The van der Waals surface area contributed by atoms with Crippen molar-refractivity contribution >= 4 is 16.0 Å². The molecule has 0 saturated heterocycles. The van der Waals surface area contributed by atoms with Gasteiger partial charge in [-0.25, -0.2) is 0 Å². The van der Waals surface area contributed by atoms with Crippen molar-refractivity contribution in [3.8, 4) is 0 Å². The van der Waals surface area contributed by atoms with E-state index in [-0.39, 0.29) is 6.42 Å². The van der Waals surface area contributed by atoms with Gasteiger partial charge in [-0.05, 0) is 32.1 Å². The molecule has 0 spiro atoms. The van der Waals surface area contributed by atoms with Gasteiger partial charge in [-0.15, -0.1) is 0 Å². The van der Waals surface area contributed by atoms with E-state index in [0.29, 0.717) is 12.8 Å². The van der Waals surface area contributed by atoms with Crippen LogP contribution in [0.3, 0.4) is 0 Å². The van der Waals surface area contributed by atoms with E-state index in [9.17, 15) is 28.0 Å². The lowest BCUT2D eigenvalue weighted by Gasteiger charge is -2.22. The van der Waals surface area contributed by atoms with Crippen LogP contribution in [0.25, 0.3) is 0 Å². The number of allylic oxidation sites excluding steroid dienone is 3. The zero-order valence-corrected chi connectivity index (χ0v) is 32.0. The van der Waals surface area contributed by atoms with Gasteiger partial charge in [0.25, 0.3) is 10.1 Å². The van der Waals surface area contributed by atoms with E-state index in [4.69, 9.17) is 0 Å². The molecule has 0 rings (SSSR count). The lowest BCUT2D eigenvalue weighted by molar-refractivity contribution is -0.130. The van der Waals surface area contributed by atoms with Crippen LogP contribution in [-0.2, 0) is 14.9 Å². The Kier molecular flexibility index (Phi) is 33.4. The first-order chi connectivity index (χ1) is 23.2. The van der Waals surface area contributed by atoms with Crippen LogP contribution in [0.2, 0.25) is 0 Å². The summed E-state index contributed by atoms with van der Waals surface area (Å²) in [5, 5.41) is 23.3.